The number of carbonyl (C=O) groups is 9. The molecule has 0 saturated heterocycles. The van der Waals surface area contributed by atoms with E-state index in [1.807, 2.05) is 51.1 Å². The second-order valence-corrected chi connectivity index (χ2v) is 17.0. The van der Waals surface area contributed by atoms with E-state index in [4.69, 9.17) is 39.5 Å². The average molecular weight is 1090 g/mol. The quantitative estimate of drug-likeness (QED) is 0.0168. The van der Waals surface area contributed by atoms with Crippen molar-refractivity contribution in [2.75, 3.05) is 52.9 Å². The zero-order chi connectivity index (χ0) is 59.0. The van der Waals surface area contributed by atoms with Crippen LogP contribution in [0.5, 0.6) is 5.75 Å². The Balaban J connectivity index is -0.00000240. The highest BCUT2D eigenvalue weighted by atomic mass is 16.3. The standard InChI is InChI=1S/C35H66N14O9.C7H8O.C7H8.C2H6.CH5N/c1-22(51)24(9-2-5-14-36)46-28(52)19-43-32(56)25(10-3-6-15-37)47-29(53)20-44-33(57)26(12-8-17-42-35(40)41)48-30(54)21-45-34(58)27(11-4-7-16-38)49-31(55)23(39)13-18-50;1-6-2-4-7(8)5-3-6;1-7-5-3-2-4-6-7;2*1-2/h18,23-27H,2-17,19-21,36-39H2,1H3,(H,43,56)(H,44,57)(H,45,58)(H,46,52)(H,47,53)(H,48,54)(H,49,55)(H4,40,41,42);2-5,8H,1H3;2-6H,1H3;1-2H3;2H2,1H3. The molecule has 25 heteroatoms. The Morgan fingerprint density at radius 2 is 0.909 bits per heavy atom. The molecule has 0 fully saturated rings. The fraction of sp³-hybridized carbons (Fsp3) is 0.577. The molecule has 0 aromatic heterocycles. The topological polar surface area (TPSA) is 453 Å². The van der Waals surface area contributed by atoms with E-state index in [0.717, 1.165) is 0 Å². The number of guanidine groups is 1. The number of ketones is 1. The summed E-state index contributed by atoms with van der Waals surface area (Å²) < 4.78 is 0. The Hall–Kier alpha value is -7.06. The van der Waals surface area contributed by atoms with Crippen LogP contribution in [-0.2, 0) is 43.2 Å². The minimum Gasteiger partial charge on any atom is -0.508 e. The molecule has 2 aromatic carbocycles. The summed E-state index contributed by atoms with van der Waals surface area (Å²) in [5.41, 5.74) is 40.0. The number of hydrogen-bond acceptors (Lipinski definition) is 16. The largest absolute Gasteiger partial charge is 0.508 e. The number of hydrogen-bond donors (Lipinski definition) is 15. The molecule has 436 valence electrons. The Labute approximate surface area is 454 Å². The number of benzene rings is 2. The van der Waals surface area contributed by atoms with Crippen LogP contribution < -0.4 is 77.4 Å². The summed E-state index contributed by atoms with van der Waals surface area (Å²) in [7, 11) is 1.50. The summed E-state index contributed by atoms with van der Waals surface area (Å²) in [5.74, 6) is -5.13. The molecule has 0 heterocycles. The van der Waals surface area contributed by atoms with Gasteiger partial charge in [-0.2, -0.15) is 0 Å². The van der Waals surface area contributed by atoms with Gasteiger partial charge >= 0.3 is 0 Å². The number of carbonyl (C=O) groups excluding carboxylic acids is 9. The number of aldehydes is 1. The number of unbranched alkanes of at least 4 members (excludes halogenated alkanes) is 3. The van der Waals surface area contributed by atoms with Crippen LogP contribution in [0.1, 0.15) is 109 Å². The van der Waals surface area contributed by atoms with Gasteiger partial charge in [0, 0.05) is 13.0 Å². The van der Waals surface area contributed by atoms with Gasteiger partial charge in [0.25, 0.3) is 0 Å². The number of phenolic OH excluding ortho intramolecular Hbond substituents is 1. The normalized spacial score (nSPS) is 11.9. The highest BCUT2D eigenvalue weighted by Crippen LogP contribution is 2.08. The van der Waals surface area contributed by atoms with Crippen LogP contribution in [0.15, 0.2) is 59.6 Å². The number of aromatic hydroxyl groups is 1. The van der Waals surface area contributed by atoms with E-state index in [0.29, 0.717) is 76.6 Å². The van der Waals surface area contributed by atoms with Crippen molar-refractivity contribution < 1.29 is 48.3 Å². The SMILES string of the molecule is CC.CC(=O)C(CCCCN)NC(=O)CNC(=O)C(CCCCN)NC(=O)CNC(=O)C(CCCN=C(N)N)NC(=O)CNC(=O)C(CCCCN)NC(=O)C(N)CC=O.CN.Cc1ccc(O)cc1.Cc1ccccc1. The number of nitrogens with zero attached hydrogens (tertiary/aromatic N) is 1. The van der Waals surface area contributed by atoms with E-state index in [1.54, 1.807) is 12.1 Å². The van der Waals surface area contributed by atoms with Gasteiger partial charge in [-0.15, -0.1) is 0 Å². The zero-order valence-electron chi connectivity index (χ0n) is 46.2. The molecule has 7 amide bonds. The number of aryl methyl sites for hydroxylation is 2. The lowest BCUT2D eigenvalue weighted by atomic mass is 10.1. The van der Waals surface area contributed by atoms with E-state index in [-0.39, 0.29) is 50.4 Å². The summed E-state index contributed by atoms with van der Waals surface area (Å²) in [4.78, 5) is 117. The predicted octanol–water partition coefficient (Wildman–Crippen LogP) is -1.48. The molecular formula is C52H93N15O10. The third kappa shape index (κ3) is 40.9. The first-order chi connectivity index (χ1) is 36.8. The molecule has 5 unspecified atom stereocenters. The van der Waals surface area contributed by atoms with Crippen molar-refractivity contribution in [1.29, 1.82) is 0 Å². The van der Waals surface area contributed by atoms with Crippen molar-refractivity contribution in [3.63, 3.8) is 0 Å². The van der Waals surface area contributed by atoms with Crippen molar-refractivity contribution in [1.82, 2.24) is 37.2 Å². The molecule has 22 N–H and O–H groups in total. The first kappa shape index (κ1) is 74.2. The third-order valence-electron chi connectivity index (χ3n) is 10.5. The fourth-order valence-corrected chi connectivity index (χ4v) is 6.34. The smallest absolute Gasteiger partial charge is 0.243 e. The van der Waals surface area contributed by atoms with Gasteiger partial charge in [0.2, 0.25) is 41.4 Å². The van der Waals surface area contributed by atoms with Crippen molar-refractivity contribution in [3.8, 4) is 5.75 Å². The van der Waals surface area contributed by atoms with Gasteiger partial charge < -0.3 is 87.3 Å². The monoisotopic (exact) mass is 1090 g/mol. The number of phenols is 1. The third-order valence-corrected chi connectivity index (χ3v) is 10.5. The first-order valence-electron chi connectivity index (χ1n) is 26.0. The molecule has 5 atom stereocenters. The lowest BCUT2D eigenvalue weighted by Gasteiger charge is -2.22. The molecule has 2 aromatic rings. The van der Waals surface area contributed by atoms with Crippen LogP contribution in [-0.4, -0.2) is 148 Å². The Morgan fingerprint density at radius 3 is 1.25 bits per heavy atom. The Morgan fingerprint density at radius 1 is 0.545 bits per heavy atom. The van der Waals surface area contributed by atoms with E-state index in [1.165, 1.54) is 25.1 Å². The maximum Gasteiger partial charge on any atom is 0.243 e. The van der Waals surface area contributed by atoms with Crippen LogP contribution in [0.3, 0.4) is 0 Å². The van der Waals surface area contributed by atoms with Crippen LogP contribution in [0, 0.1) is 13.8 Å². The van der Waals surface area contributed by atoms with Crippen molar-refractivity contribution in [3.05, 3.63) is 65.7 Å². The number of nitrogens with one attached hydrogen (secondary N) is 7. The van der Waals surface area contributed by atoms with Crippen LogP contribution in [0.2, 0.25) is 0 Å². The van der Waals surface area contributed by atoms with Gasteiger partial charge in [0.05, 0.1) is 31.7 Å². The summed E-state index contributed by atoms with van der Waals surface area (Å²) in [6.07, 6.45) is 4.50. The summed E-state index contributed by atoms with van der Waals surface area (Å²) >= 11 is 0. The predicted molar refractivity (Wildman–Crippen MR) is 300 cm³/mol. The Kier molecular flexibility index (Phi) is 46.8. The highest BCUT2D eigenvalue weighted by Gasteiger charge is 2.27. The molecular weight excluding hydrogens is 995 g/mol. The van der Waals surface area contributed by atoms with Crippen molar-refractivity contribution in [2.24, 2.45) is 45.1 Å². The molecule has 0 aliphatic heterocycles. The van der Waals surface area contributed by atoms with E-state index in [9.17, 15) is 43.2 Å². The minimum absolute atomic E-state index is 0.0139. The lowest BCUT2D eigenvalue weighted by molar-refractivity contribution is -0.133. The number of amides is 7. The molecule has 0 spiro atoms. The maximum absolute atomic E-state index is 13.2. The van der Waals surface area contributed by atoms with Gasteiger partial charge in [0.1, 0.15) is 30.2 Å². The second kappa shape index (κ2) is 48.6. The highest BCUT2D eigenvalue weighted by molar-refractivity contribution is 5.95. The van der Waals surface area contributed by atoms with Crippen LogP contribution in [0.25, 0.3) is 0 Å². The number of nitrogens with two attached hydrogens (primary N) is 7. The van der Waals surface area contributed by atoms with Crippen LogP contribution >= 0.6 is 0 Å². The summed E-state index contributed by atoms with van der Waals surface area (Å²) in [5, 5.41) is 26.1. The van der Waals surface area contributed by atoms with Gasteiger partial charge in [-0.3, -0.25) is 43.3 Å². The average Bonchev–Trinajstić information content (AvgIpc) is 3.41. The first-order valence-corrected chi connectivity index (χ1v) is 26.0. The van der Waals surface area contributed by atoms with E-state index < -0.39 is 91.2 Å². The maximum atomic E-state index is 13.2. The van der Waals surface area contributed by atoms with E-state index >= 15 is 0 Å². The molecule has 25 nitrogen and oxygen atoms in total. The minimum atomic E-state index is -1.22. The zero-order valence-corrected chi connectivity index (χ0v) is 46.2. The molecule has 0 aliphatic rings. The van der Waals surface area contributed by atoms with Crippen molar-refractivity contribution >= 4 is 59.4 Å². The summed E-state index contributed by atoms with van der Waals surface area (Å²) in [6, 6.07) is 12.0. The lowest BCUT2D eigenvalue weighted by Crippen LogP contribution is -2.55. The summed E-state index contributed by atoms with van der Waals surface area (Å²) in [6.45, 7) is 8.99. The number of Topliss-reactive ketones (excluding diaryl/α,β-unsaturated/α-hetero) is 1. The van der Waals surface area contributed by atoms with Gasteiger partial charge in [-0.1, -0.05) is 67.4 Å². The van der Waals surface area contributed by atoms with Crippen molar-refractivity contribution in [2.45, 2.75) is 142 Å². The van der Waals surface area contributed by atoms with E-state index in [2.05, 4.69) is 67.0 Å². The second-order valence-electron chi connectivity index (χ2n) is 17.0. The Bertz CT molecular complexity index is 1970. The van der Waals surface area contributed by atoms with Gasteiger partial charge in [-0.25, -0.2) is 0 Å². The number of rotatable bonds is 33. The number of aliphatic imine (C=N–C) groups is 1. The molecule has 0 aliphatic carbocycles. The van der Waals surface area contributed by atoms with Gasteiger partial charge in [-0.05, 0) is 130 Å². The van der Waals surface area contributed by atoms with Gasteiger partial charge in [0.15, 0.2) is 11.7 Å². The van der Waals surface area contributed by atoms with Crippen LogP contribution in [0.4, 0.5) is 0 Å². The molecule has 0 saturated carbocycles. The molecule has 2 rings (SSSR count). The fourth-order valence-electron chi connectivity index (χ4n) is 6.34. The molecule has 77 heavy (non-hydrogen) atoms. The molecule has 0 bridgehead atoms. The molecule has 0 radical (unpaired) electrons.